The third-order valence-corrected chi connectivity index (χ3v) is 17.0. The molecule has 1 aliphatic carbocycles. The van der Waals surface area contributed by atoms with Gasteiger partial charge in [0.05, 0.1) is 7.11 Å². The van der Waals surface area contributed by atoms with Gasteiger partial charge in [0, 0.05) is 71.9 Å². The number of Topliss-reactive ketones (excluding diaryl/α,β-unsaturated/α-hetero) is 1. The second kappa shape index (κ2) is 23.5. The molecular weight excluding hydrogens is 1010 g/mol. The van der Waals surface area contributed by atoms with Gasteiger partial charge in [0.15, 0.2) is 5.78 Å². The van der Waals surface area contributed by atoms with Crippen LogP contribution in [0.2, 0.25) is 0 Å². The van der Waals surface area contributed by atoms with E-state index in [0.717, 1.165) is 56.4 Å². The van der Waals surface area contributed by atoms with E-state index < -0.39 is 6.61 Å². The van der Waals surface area contributed by atoms with Crippen LogP contribution in [0.4, 0.5) is 34.1 Å². The highest BCUT2D eigenvalue weighted by molar-refractivity contribution is 7.16. The summed E-state index contributed by atoms with van der Waals surface area (Å²) in [7, 11) is 1.43. The van der Waals surface area contributed by atoms with Crippen molar-refractivity contribution in [3.8, 4) is 32.0 Å². The second-order valence-corrected chi connectivity index (χ2v) is 22.6. The average molecular weight is 1070 g/mol. The Hall–Kier alpha value is -8.66. The van der Waals surface area contributed by atoms with Crippen molar-refractivity contribution in [1.29, 1.82) is 0 Å². The summed E-state index contributed by atoms with van der Waals surface area (Å²) in [4.78, 5) is 32.8. The Labute approximate surface area is 471 Å². The van der Waals surface area contributed by atoms with Gasteiger partial charge in [0.1, 0.15) is 6.61 Å². The van der Waals surface area contributed by atoms with Crippen LogP contribution in [0.15, 0.2) is 218 Å². The minimum atomic E-state index is -0.413. The maximum absolute atomic E-state index is 11.7. The first kappa shape index (κ1) is 52.4. The first-order valence-electron chi connectivity index (χ1n) is 26.7. The van der Waals surface area contributed by atoms with Crippen LogP contribution in [0, 0.1) is 0 Å². The first-order valence-corrected chi connectivity index (χ1v) is 28.4. The summed E-state index contributed by atoms with van der Waals surface area (Å²) in [6.45, 7) is 4.31. The summed E-state index contributed by atoms with van der Waals surface area (Å²) in [5.41, 5.74) is 18.4. The fourth-order valence-corrected chi connectivity index (χ4v) is 12.3. The molecule has 0 radical (unpaired) electrons. The molecule has 1 aliphatic rings. The molecule has 0 bridgehead atoms. The number of aliphatic hydroxyl groups is 1. The van der Waals surface area contributed by atoms with Gasteiger partial charge in [0.2, 0.25) is 0 Å². The molecule has 11 rings (SSSR count). The summed E-state index contributed by atoms with van der Waals surface area (Å²) >= 11 is 3.62. The lowest BCUT2D eigenvalue weighted by molar-refractivity contribution is -0.140. The number of aliphatic hydroxyl groups excluding tert-OH is 1. The highest BCUT2D eigenvalue weighted by Gasteiger charge is 2.36. The number of carbonyl (C=O) groups excluding carboxylic acids is 2. The molecule has 0 unspecified atom stereocenters. The van der Waals surface area contributed by atoms with Crippen molar-refractivity contribution < 1.29 is 19.4 Å². The van der Waals surface area contributed by atoms with Crippen molar-refractivity contribution in [2.45, 2.75) is 44.9 Å². The molecule has 0 fully saturated rings. The molecule has 1 N–H and O–H groups in total. The standard InChI is InChI=1S/C71H60N2O4S2/c1-71(2)66-46-53(68-43-39-62(78-68)37-23-50-16-30-58(31-17-50)72(55-10-6-4-7-11-55)57-28-14-49(15-29-57)22-36-61(75)48-74)26-41-64(66)65-42-27-54(47-67(65)71)69-44-40-63(79-69)38-24-51-18-32-59(33-19-51)73(56-12-8-5-9-13-56)60-34-20-52(21-35-60)25-45-70(76)77-3/h4-21,23-24,26-35,37-44,46-47,74H,22,25,36,45,48H2,1-3H3/b37-23+,38-24+. The third kappa shape index (κ3) is 11.8. The van der Waals surface area contributed by atoms with Gasteiger partial charge in [-0.1, -0.05) is 135 Å². The number of ether oxygens (including phenoxy) is 1. The van der Waals surface area contributed by atoms with Crippen LogP contribution in [0.25, 0.3) is 56.3 Å². The van der Waals surface area contributed by atoms with E-state index in [0.29, 0.717) is 25.7 Å². The Morgan fingerprint density at radius 3 is 1.27 bits per heavy atom. The molecule has 2 heterocycles. The van der Waals surface area contributed by atoms with Crippen LogP contribution in [-0.4, -0.2) is 30.6 Å². The number of benzene rings is 8. The van der Waals surface area contributed by atoms with Crippen LogP contribution in [0.1, 0.15) is 69.8 Å². The quantitative estimate of drug-likeness (QED) is 0.0814. The molecule has 2 aromatic heterocycles. The lowest BCUT2D eigenvalue weighted by Gasteiger charge is -2.25. The number of hydrogen-bond donors (Lipinski definition) is 1. The van der Waals surface area contributed by atoms with Gasteiger partial charge in [-0.15, -0.1) is 22.7 Å². The lowest BCUT2D eigenvalue weighted by Crippen LogP contribution is -2.15. The minimum Gasteiger partial charge on any atom is -0.469 e. The molecule has 390 valence electrons. The Balaban J connectivity index is 0.745. The van der Waals surface area contributed by atoms with Crippen LogP contribution < -0.4 is 9.80 Å². The van der Waals surface area contributed by atoms with E-state index in [9.17, 15) is 9.59 Å². The monoisotopic (exact) mass is 1070 g/mol. The maximum atomic E-state index is 11.7. The van der Waals surface area contributed by atoms with Crippen molar-refractivity contribution in [3.63, 3.8) is 0 Å². The summed E-state index contributed by atoms with van der Waals surface area (Å²) in [5.74, 6) is -0.347. The molecule has 0 saturated heterocycles. The molecule has 0 spiro atoms. The van der Waals surface area contributed by atoms with Gasteiger partial charge in [-0.2, -0.15) is 0 Å². The zero-order valence-electron chi connectivity index (χ0n) is 44.5. The van der Waals surface area contributed by atoms with E-state index >= 15 is 0 Å². The van der Waals surface area contributed by atoms with Crippen molar-refractivity contribution in [1.82, 2.24) is 0 Å². The zero-order valence-corrected chi connectivity index (χ0v) is 46.1. The van der Waals surface area contributed by atoms with E-state index in [-0.39, 0.29) is 17.2 Å². The van der Waals surface area contributed by atoms with E-state index in [1.165, 1.54) is 60.0 Å². The van der Waals surface area contributed by atoms with Gasteiger partial charge < -0.3 is 19.6 Å². The number of para-hydroxylation sites is 2. The van der Waals surface area contributed by atoms with Crippen molar-refractivity contribution in [2.24, 2.45) is 0 Å². The number of aryl methyl sites for hydroxylation is 2. The van der Waals surface area contributed by atoms with Gasteiger partial charge in [-0.3, -0.25) is 9.59 Å². The number of nitrogens with zero attached hydrogens (tertiary/aromatic N) is 2. The average Bonchev–Trinajstić information content (AvgIpc) is 4.38. The Morgan fingerprint density at radius 1 is 0.468 bits per heavy atom. The minimum absolute atomic E-state index is 0.145. The molecule has 0 amide bonds. The highest BCUT2D eigenvalue weighted by atomic mass is 32.1. The Morgan fingerprint density at radius 2 is 0.861 bits per heavy atom. The summed E-state index contributed by atoms with van der Waals surface area (Å²) in [6, 6.07) is 77.7. The van der Waals surface area contributed by atoms with Crippen LogP contribution in [0.3, 0.4) is 0 Å². The number of hydrogen-bond acceptors (Lipinski definition) is 8. The predicted molar refractivity (Wildman–Crippen MR) is 331 cm³/mol. The van der Waals surface area contributed by atoms with Gasteiger partial charge >= 0.3 is 5.97 Å². The van der Waals surface area contributed by atoms with E-state index in [4.69, 9.17) is 9.84 Å². The fourth-order valence-electron chi connectivity index (χ4n) is 10.4. The zero-order chi connectivity index (χ0) is 54.3. The summed E-state index contributed by atoms with van der Waals surface area (Å²) in [6.07, 6.45) is 10.7. The largest absolute Gasteiger partial charge is 0.469 e. The molecular formula is C71H60N2O4S2. The molecule has 10 aromatic rings. The SMILES string of the molecule is COC(=O)CCc1ccc(N(c2ccccc2)c2ccc(/C=C/c3ccc(-c4ccc5c(c4)C(C)(C)c4cc(-c6ccc(/C=C/c7ccc(N(c8ccccc8)c8ccc(CCC(=O)CO)cc8)cc7)s6)ccc4-5)s3)cc2)cc1. The fraction of sp³-hybridized carbons (Fsp3) is 0.127. The number of fused-ring (bicyclic) bond motifs is 3. The molecule has 0 aliphatic heterocycles. The maximum Gasteiger partial charge on any atom is 0.305 e. The van der Waals surface area contributed by atoms with Gasteiger partial charge in [-0.05, 0) is 190 Å². The van der Waals surface area contributed by atoms with Crippen LogP contribution in [0.5, 0.6) is 0 Å². The van der Waals surface area contributed by atoms with Crippen molar-refractivity contribution >= 4 is 92.9 Å². The summed E-state index contributed by atoms with van der Waals surface area (Å²) < 4.78 is 4.84. The van der Waals surface area contributed by atoms with Crippen LogP contribution in [-0.2, 0) is 32.6 Å². The lowest BCUT2D eigenvalue weighted by atomic mass is 9.81. The number of carbonyl (C=O) groups is 2. The van der Waals surface area contributed by atoms with Gasteiger partial charge in [0.25, 0.3) is 0 Å². The Bertz CT molecular complexity index is 3550. The molecule has 79 heavy (non-hydrogen) atoms. The molecule has 6 nitrogen and oxygen atoms in total. The van der Waals surface area contributed by atoms with Gasteiger partial charge in [-0.25, -0.2) is 0 Å². The first-order chi connectivity index (χ1) is 38.6. The number of esters is 1. The van der Waals surface area contributed by atoms with Crippen molar-refractivity contribution in [3.05, 3.63) is 262 Å². The predicted octanol–water partition coefficient (Wildman–Crippen LogP) is 18.3. The number of thiophene rings is 2. The van der Waals surface area contributed by atoms with Crippen LogP contribution >= 0.6 is 22.7 Å². The number of methoxy groups -OCH3 is 1. The second-order valence-electron chi connectivity index (χ2n) is 20.3. The van der Waals surface area contributed by atoms with Crippen molar-refractivity contribution in [2.75, 3.05) is 23.5 Å². The molecule has 0 saturated carbocycles. The topological polar surface area (TPSA) is 70.1 Å². The van der Waals surface area contributed by atoms with E-state index in [1.54, 1.807) is 0 Å². The Kier molecular flexibility index (Phi) is 15.6. The van der Waals surface area contributed by atoms with E-state index in [1.807, 2.05) is 46.9 Å². The van der Waals surface area contributed by atoms with E-state index in [2.05, 4.69) is 242 Å². The number of rotatable bonds is 19. The highest BCUT2D eigenvalue weighted by Crippen LogP contribution is 2.51. The molecule has 8 heteroatoms. The smallest absolute Gasteiger partial charge is 0.305 e. The normalized spacial score (nSPS) is 12.4. The summed E-state index contributed by atoms with van der Waals surface area (Å²) in [5, 5.41) is 9.14. The third-order valence-electron chi connectivity index (χ3n) is 14.8. The molecule has 0 atom stereocenters. The molecule has 8 aromatic carbocycles. The number of anilines is 6. The number of ketones is 1.